The predicted octanol–water partition coefficient (Wildman–Crippen LogP) is 2.69. The number of rotatable bonds is 2. The van der Waals surface area contributed by atoms with E-state index >= 15 is 0 Å². The Balaban J connectivity index is 2.20. The first-order valence-electron chi connectivity index (χ1n) is 6.16. The molecule has 0 aliphatic carbocycles. The van der Waals surface area contributed by atoms with Crippen LogP contribution < -0.4 is 0 Å². The van der Waals surface area contributed by atoms with Crippen LogP contribution in [0.15, 0.2) is 22.8 Å². The molecule has 3 heterocycles. The van der Waals surface area contributed by atoms with Gasteiger partial charge in [0, 0.05) is 19.1 Å². The summed E-state index contributed by atoms with van der Waals surface area (Å²) in [5.41, 5.74) is 0.742. The summed E-state index contributed by atoms with van der Waals surface area (Å²) in [4.78, 5) is 15.7. The predicted molar refractivity (Wildman–Crippen MR) is 72.6 cm³/mol. The molecular formula is C13H13BrN2O3. The van der Waals surface area contributed by atoms with Crippen LogP contribution in [0.25, 0.3) is 5.52 Å². The second-order valence-corrected chi connectivity index (χ2v) is 5.39. The summed E-state index contributed by atoms with van der Waals surface area (Å²) in [5, 5.41) is 9.27. The van der Waals surface area contributed by atoms with Crippen LogP contribution in [-0.4, -0.2) is 33.7 Å². The third kappa shape index (κ3) is 2.15. The molecule has 0 bridgehead atoms. The van der Waals surface area contributed by atoms with E-state index in [4.69, 9.17) is 4.74 Å². The van der Waals surface area contributed by atoms with Crippen molar-refractivity contribution in [2.24, 2.45) is 0 Å². The number of halogens is 1. The van der Waals surface area contributed by atoms with Crippen molar-refractivity contribution in [3.8, 4) is 0 Å². The van der Waals surface area contributed by atoms with E-state index in [0.717, 1.165) is 23.3 Å². The second-order valence-electron chi connectivity index (χ2n) is 4.58. The first-order valence-corrected chi connectivity index (χ1v) is 6.95. The molecule has 0 unspecified atom stereocenters. The van der Waals surface area contributed by atoms with Crippen LogP contribution in [0.2, 0.25) is 0 Å². The maximum atomic E-state index is 11.3. The number of hydrogen-bond acceptors (Lipinski definition) is 3. The normalized spacial score (nSPS) is 16.9. The fourth-order valence-corrected chi connectivity index (χ4v) is 3.03. The van der Waals surface area contributed by atoms with Crippen molar-refractivity contribution < 1.29 is 14.6 Å². The number of carboxylic acids is 1. The molecular weight excluding hydrogens is 312 g/mol. The summed E-state index contributed by atoms with van der Waals surface area (Å²) in [5.74, 6) is 0.0603. The minimum Gasteiger partial charge on any atom is -0.476 e. The van der Waals surface area contributed by atoms with E-state index in [2.05, 4.69) is 20.9 Å². The van der Waals surface area contributed by atoms with Crippen molar-refractivity contribution in [2.75, 3.05) is 13.2 Å². The number of aromatic carboxylic acids is 1. The third-order valence-corrected chi connectivity index (χ3v) is 4.05. The van der Waals surface area contributed by atoms with Gasteiger partial charge < -0.3 is 9.84 Å². The van der Waals surface area contributed by atoms with Gasteiger partial charge in [0.2, 0.25) is 0 Å². The molecule has 100 valence electrons. The van der Waals surface area contributed by atoms with Crippen molar-refractivity contribution in [3.63, 3.8) is 0 Å². The highest BCUT2D eigenvalue weighted by molar-refractivity contribution is 9.10. The standard InChI is InChI=1S/C13H13BrN2O3/c14-10-3-1-2-9-11(13(17)18)15-12(16(9)10)8-4-6-19-7-5-8/h1-3,8H,4-7H2,(H,17,18). The minimum atomic E-state index is -0.992. The zero-order valence-corrected chi connectivity index (χ0v) is 11.8. The second kappa shape index (κ2) is 4.94. The summed E-state index contributed by atoms with van der Waals surface area (Å²) in [7, 11) is 0. The molecule has 6 heteroatoms. The first kappa shape index (κ1) is 12.6. The SMILES string of the molecule is O=C(O)c1nc(C2CCOCC2)n2c(Br)cccc12. The van der Waals surface area contributed by atoms with Crippen LogP contribution in [0.5, 0.6) is 0 Å². The molecule has 19 heavy (non-hydrogen) atoms. The number of aromatic nitrogens is 2. The van der Waals surface area contributed by atoms with Gasteiger partial charge in [-0.15, -0.1) is 0 Å². The molecule has 2 aromatic rings. The molecule has 1 aliphatic heterocycles. The van der Waals surface area contributed by atoms with Crippen LogP contribution in [0.1, 0.15) is 35.1 Å². The van der Waals surface area contributed by atoms with Gasteiger partial charge in [0.25, 0.3) is 0 Å². The van der Waals surface area contributed by atoms with Crippen LogP contribution >= 0.6 is 15.9 Å². The van der Waals surface area contributed by atoms with E-state index in [1.54, 1.807) is 6.07 Å². The fourth-order valence-electron chi connectivity index (χ4n) is 2.51. The topological polar surface area (TPSA) is 63.8 Å². The number of imidazole rings is 1. The smallest absolute Gasteiger partial charge is 0.356 e. The monoisotopic (exact) mass is 324 g/mol. The van der Waals surface area contributed by atoms with Gasteiger partial charge in [0.15, 0.2) is 5.69 Å². The minimum absolute atomic E-state index is 0.114. The number of carbonyl (C=O) groups is 1. The summed E-state index contributed by atoms with van der Waals surface area (Å²) in [6, 6.07) is 5.49. The molecule has 0 amide bonds. The van der Waals surface area contributed by atoms with Crippen molar-refractivity contribution in [1.82, 2.24) is 9.38 Å². The van der Waals surface area contributed by atoms with Crippen LogP contribution in [0, 0.1) is 0 Å². The lowest BCUT2D eigenvalue weighted by molar-refractivity contribution is 0.0692. The average Bonchev–Trinajstić information content (AvgIpc) is 2.81. The van der Waals surface area contributed by atoms with Gasteiger partial charge in [0.1, 0.15) is 5.82 Å². The summed E-state index contributed by atoms with van der Waals surface area (Å²) in [6.45, 7) is 1.40. The molecule has 0 spiro atoms. The van der Waals surface area contributed by atoms with Gasteiger partial charge in [-0.05, 0) is 40.9 Å². The molecule has 1 saturated heterocycles. The Morgan fingerprint density at radius 3 is 2.84 bits per heavy atom. The molecule has 0 atom stereocenters. The van der Waals surface area contributed by atoms with Crippen molar-refractivity contribution >= 4 is 27.4 Å². The number of carboxylic acid groups (broad SMARTS) is 1. The van der Waals surface area contributed by atoms with E-state index < -0.39 is 5.97 Å². The summed E-state index contributed by atoms with van der Waals surface area (Å²) >= 11 is 3.48. The quantitative estimate of drug-likeness (QED) is 0.862. The number of nitrogens with zero attached hydrogens (tertiary/aromatic N) is 2. The highest BCUT2D eigenvalue weighted by Gasteiger charge is 2.25. The van der Waals surface area contributed by atoms with E-state index in [1.807, 2.05) is 16.5 Å². The molecule has 1 fully saturated rings. The van der Waals surface area contributed by atoms with E-state index in [-0.39, 0.29) is 11.6 Å². The fraction of sp³-hybridized carbons (Fsp3) is 0.385. The third-order valence-electron chi connectivity index (χ3n) is 3.43. The van der Waals surface area contributed by atoms with Crippen molar-refractivity contribution in [3.05, 3.63) is 34.3 Å². The Morgan fingerprint density at radius 2 is 2.16 bits per heavy atom. The molecule has 0 saturated carbocycles. The Labute approximate surface area is 118 Å². The number of hydrogen-bond donors (Lipinski definition) is 1. The van der Waals surface area contributed by atoms with Gasteiger partial charge >= 0.3 is 5.97 Å². The Hall–Kier alpha value is -1.40. The van der Waals surface area contributed by atoms with Gasteiger partial charge in [-0.25, -0.2) is 9.78 Å². The van der Waals surface area contributed by atoms with Gasteiger partial charge in [-0.2, -0.15) is 0 Å². The maximum Gasteiger partial charge on any atom is 0.356 e. The summed E-state index contributed by atoms with van der Waals surface area (Å²) < 4.78 is 8.07. The van der Waals surface area contributed by atoms with E-state index in [9.17, 15) is 9.90 Å². The number of fused-ring (bicyclic) bond motifs is 1. The lowest BCUT2D eigenvalue weighted by atomic mass is 10.00. The zero-order valence-electron chi connectivity index (χ0n) is 10.2. The van der Waals surface area contributed by atoms with Crippen molar-refractivity contribution in [1.29, 1.82) is 0 Å². The molecule has 2 aromatic heterocycles. The van der Waals surface area contributed by atoms with Crippen LogP contribution in [-0.2, 0) is 4.74 Å². The molecule has 0 aromatic carbocycles. The Kier molecular flexibility index (Phi) is 3.28. The average molecular weight is 325 g/mol. The maximum absolute atomic E-state index is 11.3. The Morgan fingerprint density at radius 1 is 1.42 bits per heavy atom. The van der Waals surface area contributed by atoms with Gasteiger partial charge in [0.05, 0.1) is 10.1 Å². The highest BCUT2D eigenvalue weighted by atomic mass is 79.9. The van der Waals surface area contributed by atoms with Gasteiger partial charge in [-0.3, -0.25) is 4.40 Å². The summed E-state index contributed by atoms with van der Waals surface area (Å²) in [6.07, 6.45) is 1.75. The van der Waals surface area contributed by atoms with Crippen LogP contribution in [0.3, 0.4) is 0 Å². The lowest BCUT2D eigenvalue weighted by Crippen LogP contribution is -2.16. The lowest BCUT2D eigenvalue weighted by Gasteiger charge is -2.21. The molecule has 0 radical (unpaired) electrons. The van der Waals surface area contributed by atoms with E-state index in [1.165, 1.54) is 0 Å². The van der Waals surface area contributed by atoms with E-state index in [0.29, 0.717) is 18.7 Å². The highest BCUT2D eigenvalue weighted by Crippen LogP contribution is 2.30. The molecule has 1 N–H and O–H groups in total. The molecule has 3 rings (SSSR count). The number of pyridine rings is 1. The van der Waals surface area contributed by atoms with Gasteiger partial charge in [-0.1, -0.05) is 6.07 Å². The Bertz CT molecular complexity index is 632. The van der Waals surface area contributed by atoms with Crippen LogP contribution in [0.4, 0.5) is 0 Å². The van der Waals surface area contributed by atoms with Crippen molar-refractivity contribution in [2.45, 2.75) is 18.8 Å². The number of ether oxygens (including phenoxy) is 1. The zero-order chi connectivity index (χ0) is 13.4. The molecule has 1 aliphatic rings. The first-order chi connectivity index (χ1) is 9.18. The largest absolute Gasteiger partial charge is 0.476 e. The molecule has 5 nitrogen and oxygen atoms in total.